The number of hydrogen-bond donors (Lipinski definition) is 3. The summed E-state index contributed by atoms with van der Waals surface area (Å²) in [6.07, 6.45) is 1.01. The maximum Gasteiger partial charge on any atom is 0.219 e. The predicted molar refractivity (Wildman–Crippen MR) is 74.2 cm³/mol. The predicted octanol–water partition coefficient (Wildman–Crippen LogP) is 0.816. The largest absolute Gasteiger partial charge is 0.370 e. The molecule has 18 heavy (non-hydrogen) atoms. The first-order valence-corrected chi connectivity index (χ1v) is 5.99. The highest BCUT2D eigenvalue weighted by Crippen LogP contribution is 2.39. The van der Waals surface area contributed by atoms with Crippen molar-refractivity contribution >= 4 is 11.9 Å². The van der Waals surface area contributed by atoms with Crippen LogP contribution < -0.4 is 17.2 Å². The number of guanidine groups is 2. The first kappa shape index (κ1) is 12.4. The Balaban J connectivity index is 2.36. The van der Waals surface area contributed by atoms with E-state index in [1.54, 1.807) is 0 Å². The summed E-state index contributed by atoms with van der Waals surface area (Å²) in [7, 11) is 0. The van der Waals surface area contributed by atoms with Crippen LogP contribution in [-0.2, 0) is 6.42 Å². The van der Waals surface area contributed by atoms with Gasteiger partial charge in [0.2, 0.25) is 5.96 Å². The van der Waals surface area contributed by atoms with E-state index in [2.05, 4.69) is 42.0 Å². The van der Waals surface area contributed by atoms with Gasteiger partial charge in [-0.15, -0.1) is 0 Å². The molecular formula is C13H19N5. The van der Waals surface area contributed by atoms with Crippen LogP contribution in [0.1, 0.15) is 29.7 Å². The van der Waals surface area contributed by atoms with Crippen molar-refractivity contribution < 1.29 is 0 Å². The quantitative estimate of drug-likeness (QED) is 0.504. The number of rotatable bonds is 1. The molecule has 5 heteroatoms. The zero-order valence-electron chi connectivity index (χ0n) is 10.7. The number of aryl methyl sites for hydroxylation is 1. The fraction of sp³-hybridized carbons (Fsp3) is 0.385. The van der Waals surface area contributed by atoms with E-state index in [1.807, 2.05) is 0 Å². The van der Waals surface area contributed by atoms with E-state index in [4.69, 9.17) is 17.2 Å². The van der Waals surface area contributed by atoms with Crippen molar-refractivity contribution in [3.63, 3.8) is 0 Å². The molecule has 1 aliphatic rings. The third kappa shape index (κ3) is 2.45. The standard InChI is InChI=1S/C13H19N5/c1-7-3-4-9-6-8(2)11(10(9)5-7)17-13(16)18-12(14)15/h3-5,8,11H,6H2,1-2H3,(H6,14,15,16,17,18)/t8-,11+/m0/s1. The summed E-state index contributed by atoms with van der Waals surface area (Å²) >= 11 is 0. The van der Waals surface area contributed by atoms with Crippen LogP contribution in [0, 0.1) is 12.8 Å². The van der Waals surface area contributed by atoms with Crippen molar-refractivity contribution in [2.75, 3.05) is 0 Å². The molecule has 0 aliphatic heterocycles. The van der Waals surface area contributed by atoms with E-state index in [1.165, 1.54) is 16.7 Å². The smallest absolute Gasteiger partial charge is 0.219 e. The molecule has 6 N–H and O–H groups in total. The summed E-state index contributed by atoms with van der Waals surface area (Å²) < 4.78 is 0. The molecule has 0 aromatic heterocycles. The van der Waals surface area contributed by atoms with Crippen LogP contribution >= 0.6 is 0 Å². The van der Waals surface area contributed by atoms with E-state index in [-0.39, 0.29) is 18.0 Å². The number of aliphatic imine (C=N–C) groups is 2. The van der Waals surface area contributed by atoms with E-state index >= 15 is 0 Å². The first-order chi connectivity index (χ1) is 8.47. The summed E-state index contributed by atoms with van der Waals surface area (Å²) in [4.78, 5) is 8.20. The zero-order valence-corrected chi connectivity index (χ0v) is 10.7. The van der Waals surface area contributed by atoms with Crippen LogP contribution in [0.5, 0.6) is 0 Å². The van der Waals surface area contributed by atoms with Gasteiger partial charge in [0.25, 0.3) is 0 Å². The minimum absolute atomic E-state index is 0.0444. The second-order valence-electron chi connectivity index (χ2n) is 4.85. The first-order valence-electron chi connectivity index (χ1n) is 5.99. The Bertz CT molecular complexity index is 514. The molecule has 0 saturated carbocycles. The van der Waals surface area contributed by atoms with E-state index in [0.29, 0.717) is 5.92 Å². The molecule has 0 heterocycles. The highest BCUT2D eigenvalue weighted by Gasteiger charge is 2.29. The van der Waals surface area contributed by atoms with Crippen molar-refractivity contribution in [3.05, 3.63) is 34.9 Å². The van der Waals surface area contributed by atoms with Gasteiger partial charge in [0, 0.05) is 0 Å². The van der Waals surface area contributed by atoms with E-state index < -0.39 is 0 Å². The molecule has 0 fully saturated rings. The summed E-state index contributed by atoms with van der Waals surface area (Å²) in [6, 6.07) is 6.49. The lowest BCUT2D eigenvalue weighted by atomic mass is 10.0. The maximum absolute atomic E-state index is 5.71. The highest BCUT2D eigenvalue weighted by atomic mass is 15.1. The van der Waals surface area contributed by atoms with Gasteiger partial charge in [-0.05, 0) is 30.4 Å². The minimum atomic E-state index is -0.0636. The normalized spacial score (nSPS) is 22.7. The van der Waals surface area contributed by atoms with Crippen LogP contribution in [0.15, 0.2) is 28.2 Å². The number of fused-ring (bicyclic) bond motifs is 1. The number of nitrogens with two attached hydrogens (primary N) is 3. The Kier molecular flexibility index (Phi) is 3.23. The third-order valence-electron chi connectivity index (χ3n) is 3.22. The van der Waals surface area contributed by atoms with Gasteiger partial charge >= 0.3 is 0 Å². The second-order valence-corrected chi connectivity index (χ2v) is 4.85. The van der Waals surface area contributed by atoms with Crippen molar-refractivity contribution in [2.45, 2.75) is 26.3 Å². The zero-order chi connectivity index (χ0) is 13.3. The Morgan fingerprint density at radius 2 is 2.00 bits per heavy atom. The average molecular weight is 245 g/mol. The Hall–Kier alpha value is -2.04. The molecule has 0 spiro atoms. The summed E-state index contributed by atoms with van der Waals surface area (Å²) in [5.41, 5.74) is 20.1. The molecule has 1 aromatic carbocycles. The lowest BCUT2D eigenvalue weighted by Crippen LogP contribution is -2.26. The lowest BCUT2D eigenvalue weighted by Gasteiger charge is -2.12. The number of hydrogen-bond acceptors (Lipinski definition) is 1. The molecular weight excluding hydrogens is 226 g/mol. The molecule has 5 nitrogen and oxygen atoms in total. The van der Waals surface area contributed by atoms with E-state index in [9.17, 15) is 0 Å². The van der Waals surface area contributed by atoms with Gasteiger partial charge in [0.15, 0.2) is 5.96 Å². The molecule has 96 valence electrons. The number of nitrogens with zero attached hydrogens (tertiary/aromatic N) is 2. The Morgan fingerprint density at radius 1 is 1.28 bits per heavy atom. The summed E-state index contributed by atoms with van der Waals surface area (Å²) in [5.74, 6) is 0.488. The van der Waals surface area contributed by atoms with Crippen LogP contribution in [0.2, 0.25) is 0 Å². The van der Waals surface area contributed by atoms with Gasteiger partial charge in [0.05, 0.1) is 6.04 Å². The minimum Gasteiger partial charge on any atom is -0.370 e. The van der Waals surface area contributed by atoms with Gasteiger partial charge < -0.3 is 17.2 Å². The van der Waals surface area contributed by atoms with Crippen molar-refractivity contribution in [3.8, 4) is 0 Å². The van der Waals surface area contributed by atoms with Crippen LogP contribution in [-0.4, -0.2) is 11.9 Å². The molecule has 2 atom stereocenters. The fourth-order valence-electron chi connectivity index (χ4n) is 2.44. The van der Waals surface area contributed by atoms with Gasteiger partial charge in [-0.3, -0.25) is 0 Å². The van der Waals surface area contributed by atoms with Gasteiger partial charge in [-0.1, -0.05) is 30.7 Å². The second kappa shape index (κ2) is 4.68. The van der Waals surface area contributed by atoms with Crippen molar-refractivity contribution in [2.24, 2.45) is 33.1 Å². The molecule has 0 saturated heterocycles. The molecule has 0 unspecified atom stereocenters. The molecule has 1 aromatic rings. The fourth-order valence-corrected chi connectivity index (χ4v) is 2.44. The molecule has 0 amide bonds. The molecule has 2 rings (SSSR count). The van der Waals surface area contributed by atoms with Crippen LogP contribution in [0.25, 0.3) is 0 Å². The monoisotopic (exact) mass is 245 g/mol. The Labute approximate surface area is 107 Å². The Morgan fingerprint density at radius 3 is 2.67 bits per heavy atom. The van der Waals surface area contributed by atoms with Gasteiger partial charge in [-0.25, -0.2) is 4.99 Å². The van der Waals surface area contributed by atoms with Crippen molar-refractivity contribution in [1.82, 2.24) is 0 Å². The van der Waals surface area contributed by atoms with Crippen molar-refractivity contribution in [1.29, 1.82) is 0 Å². The summed E-state index contributed by atoms with van der Waals surface area (Å²) in [5, 5.41) is 0. The lowest BCUT2D eigenvalue weighted by molar-refractivity contribution is 0.514. The summed E-state index contributed by atoms with van der Waals surface area (Å²) in [6.45, 7) is 4.23. The van der Waals surface area contributed by atoms with Gasteiger partial charge in [0.1, 0.15) is 0 Å². The van der Waals surface area contributed by atoms with Crippen LogP contribution in [0.4, 0.5) is 0 Å². The van der Waals surface area contributed by atoms with Crippen LogP contribution in [0.3, 0.4) is 0 Å². The molecule has 0 radical (unpaired) electrons. The number of benzene rings is 1. The SMILES string of the molecule is Cc1ccc2c(c1)[C@H](N=C(N)N=C(N)N)[C@@H](C)C2. The topological polar surface area (TPSA) is 103 Å². The molecule has 0 bridgehead atoms. The average Bonchev–Trinajstić information content (AvgIpc) is 2.55. The maximum atomic E-state index is 5.71. The highest BCUT2D eigenvalue weighted by molar-refractivity contribution is 5.92. The van der Waals surface area contributed by atoms with E-state index in [0.717, 1.165) is 6.42 Å². The molecule has 1 aliphatic carbocycles. The third-order valence-corrected chi connectivity index (χ3v) is 3.22. The van der Waals surface area contributed by atoms with Gasteiger partial charge in [-0.2, -0.15) is 4.99 Å².